The maximum Gasteiger partial charge on any atom is 0.348 e. The van der Waals surface area contributed by atoms with Gasteiger partial charge in [-0.15, -0.1) is 0 Å². The van der Waals surface area contributed by atoms with Gasteiger partial charge >= 0.3 is 5.69 Å². The van der Waals surface area contributed by atoms with Crippen LogP contribution in [0.25, 0.3) is 27.7 Å². The predicted molar refractivity (Wildman–Crippen MR) is 93.1 cm³/mol. The van der Waals surface area contributed by atoms with E-state index >= 15 is 0 Å². The minimum Gasteiger partial charge on any atom is -0.326 e. The number of anilines is 1. The van der Waals surface area contributed by atoms with Gasteiger partial charge in [0.25, 0.3) is 0 Å². The molecule has 2 heterocycles. The van der Waals surface area contributed by atoms with Crippen LogP contribution in [0.4, 0.5) is 5.69 Å². The van der Waals surface area contributed by atoms with Gasteiger partial charge in [0.2, 0.25) is 5.91 Å². The normalized spacial score (nSPS) is 11.0. The van der Waals surface area contributed by atoms with Crippen molar-refractivity contribution in [3.05, 3.63) is 65.1 Å². The van der Waals surface area contributed by atoms with Crippen LogP contribution < -0.4 is 11.0 Å². The predicted octanol–water partition coefficient (Wildman–Crippen LogP) is 2.80. The van der Waals surface area contributed by atoms with E-state index in [0.29, 0.717) is 5.65 Å². The van der Waals surface area contributed by atoms with Gasteiger partial charge in [-0.25, -0.2) is 14.3 Å². The largest absolute Gasteiger partial charge is 0.348 e. The van der Waals surface area contributed by atoms with Gasteiger partial charge in [0.15, 0.2) is 5.65 Å². The van der Waals surface area contributed by atoms with Crippen molar-refractivity contribution in [3.63, 3.8) is 0 Å². The molecule has 2 N–H and O–H groups in total. The number of aromatic amines is 1. The molecule has 2 aromatic heterocycles. The van der Waals surface area contributed by atoms with Gasteiger partial charge in [0.1, 0.15) is 0 Å². The van der Waals surface area contributed by atoms with Gasteiger partial charge in [-0.3, -0.25) is 4.79 Å². The van der Waals surface area contributed by atoms with Crippen molar-refractivity contribution >= 4 is 28.1 Å². The van der Waals surface area contributed by atoms with Crippen molar-refractivity contribution in [3.8, 4) is 11.1 Å². The van der Waals surface area contributed by atoms with E-state index in [0.717, 1.165) is 27.7 Å². The zero-order chi connectivity index (χ0) is 16.7. The molecule has 0 aliphatic heterocycles. The van der Waals surface area contributed by atoms with Crippen LogP contribution in [-0.2, 0) is 4.79 Å². The molecule has 6 nitrogen and oxygen atoms in total. The van der Waals surface area contributed by atoms with Crippen molar-refractivity contribution in [2.45, 2.75) is 6.92 Å². The van der Waals surface area contributed by atoms with Crippen molar-refractivity contribution in [1.82, 2.24) is 14.6 Å². The number of nitrogens with one attached hydrogen (secondary N) is 2. The molecule has 0 spiro atoms. The van der Waals surface area contributed by atoms with Crippen molar-refractivity contribution < 1.29 is 4.79 Å². The van der Waals surface area contributed by atoms with E-state index in [1.807, 2.05) is 48.5 Å². The van der Waals surface area contributed by atoms with E-state index in [9.17, 15) is 9.59 Å². The Hall–Kier alpha value is -3.41. The molecule has 0 unspecified atom stereocenters. The number of pyridine rings is 1. The fraction of sp³-hybridized carbons (Fsp3) is 0.0556. The molecule has 0 fully saturated rings. The molecule has 4 aromatic rings. The van der Waals surface area contributed by atoms with E-state index in [2.05, 4.69) is 15.5 Å². The van der Waals surface area contributed by atoms with Crippen molar-refractivity contribution in [2.75, 3.05) is 5.32 Å². The SMILES string of the molecule is CC(=O)Nc1ccccc1-c1cccc2c1ccc1n[nH]c(=O)n12. The first-order valence-corrected chi connectivity index (χ1v) is 7.51. The van der Waals surface area contributed by atoms with E-state index in [-0.39, 0.29) is 11.6 Å². The summed E-state index contributed by atoms with van der Waals surface area (Å²) in [5.41, 5.74) is 3.63. The first kappa shape index (κ1) is 14.2. The second-order valence-corrected chi connectivity index (χ2v) is 5.52. The van der Waals surface area contributed by atoms with Crippen LogP contribution in [0.5, 0.6) is 0 Å². The van der Waals surface area contributed by atoms with Crippen LogP contribution in [0.2, 0.25) is 0 Å². The van der Waals surface area contributed by atoms with Crippen LogP contribution in [-0.4, -0.2) is 20.5 Å². The fourth-order valence-electron chi connectivity index (χ4n) is 2.99. The Morgan fingerprint density at radius 3 is 2.67 bits per heavy atom. The Morgan fingerprint density at radius 1 is 1.04 bits per heavy atom. The first-order valence-electron chi connectivity index (χ1n) is 7.51. The average molecular weight is 318 g/mol. The molecular formula is C18H14N4O2. The topological polar surface area (TPSA) is 79.3 Å². The van der Waals surface area contributed by atoms with Crippen LogP contribution >= 0.6 is 0 Å². The molecular weight excluding hydrogens is 304 g/mol. The van der Waals surface area contributed by atoms with Crippen LogP contribution in [0.1, 0.15) is 6.92 Å². The summed E-state index contributed by atoms with van der Waals surface area (Å²) < 4.78 is 1.54. The first-order chi connectivity index (χ1) is 11.6. The Labute approximate surface area is 136 Å². The van der Waals surface area contributed by atoms with Crippen molar-refractivity contribution in [2.24, 2.45) is 0 Å². The quantitative estimate of drug-likeness (QED) is 0.596. The zero-order valence-corrected chi connectivity index (χ0v) is 12.9. The number of carbonyl (C=O) groups is 1. The summed E-state index contributed by atoms with van der Waals surface area (Å²) in [6, 6.07) is 17.1. The number of amides is 1. The number of hydrogen-bond acceptors (Lipinski definition) is 3. The molecule has 0 atom stereocenters. The summed E-state index contributed by atoms with van der Waals surface area (Å²) in [6.07, 6.45) is 0. The van der Waals surface area contributed by atoms with Crippen molar-refractivity contribution in [1.29, 1.82) is 0 Å². The Balaban J connectivity index is 2.05. The lowest BCUT2D eigenvalue weighted by molar-refractivity contribution is -0.114. The molecule has 2 aromatic carbocycles. The molecule has 118 valence electrons. The summed E-state index contributed by atoms with van der Waals surface area (Å²) >= 11 is 0. The highest BCUT2D eigenvalue weighted by Crippen LogP contribution is 2.33. The number of rotatable bonds is 2. The smallest absolute Gasteiger partial charge is 0.326 e. The Morgan fingerprint density at radius 2 is 1.83 bits per heavy atom. The second kappa shape index (κ2) is 5.34. The number of benzene rings is 2. The molecule has 0 saturated carbocycles. The van der Waals surface area contributed by atoms with Crippen LogP contribution in [0.15, 0.2) is 59.4 Å². The van der Waals surface area contributed by atoms with E-state index in [1.54, 1.807) is 10.5 Å². The molecule has 0 aliphatic rings. The number of H-pyrrole nitrogens is 1. The van der Waals surface area contributed by atoms with E-state index < -0.39 is 0 Å². The second-order valence-electron chi connectivity index (χ2n) is 5.52. The lowest BCUT2D eigenvalue weighted by atomic mass is 9.99. The highest BCUT2D eigenvalue weighted by atomic mass is 16.2. The van der Waals surface area contributed by atoms with Gasteiger partial charge in [-0.05, 0) is 29.8 Å². The molecule has 0 radical (unpaired) electrons. The van der Waals surface area contributed by atoms with E-state index in [4.69, 9.17) is 0 Å². The number of para-hydroxylation sites is 1. The standard InChI is InChI=1S/C18H14N4O2/c1-11(23)19-15-7-3-2-5-13(15)12-6-4-8-16-14(12)9-10-17-20-21-18(24)22(16)17/h2-10H,1H3,(H,19,23)(H,21,24). The summed E-state index contributed by atoms with van der Waals surface area (Å²) in [4.78, 5) is 23.5. The summed E-state index contributed by atoms with van der Waals surface area (Å²) in [7, 11) is 0. The van der Waals surface area contributed by atoms with Gasteiger partial charge < -0.3 is 5.32 Å². The number of nitrogens with zero attached hydrogens (tertiary/aromatic N) is 2. The summed E-state index contributed by atoms with van der Waals surface area (Å²) in [6.45, 7) is 1.48. The summed E-state index contributed by atoms with van der Waals surface area (Å²) in [5, 5.41) is 10.2. The minimum atomic E-state index is -0.275. The zero-order valence-electron chi connectivity index (χ0n) is 12.9. The Bertz CT molecular complexity index is 1140. The highest BCUT2D eigenvalue weighted by molar-refractivity contribution is 6.02. The third-order valence-corrected chi connectivity index (χ3v) is 3.95. The minimum absolute atomic E-state index is 0.129. The third-order valence-electron chi connectivity index (χ3n) is 3.95. The van der Waals surface area contributed by atoms with Gasteiger partial charge in [0, 0.05) is 23.6 Å². The molecule has 0 bridgehead atoms. The number of hydrogen-bond donors (Lipinski definition) is 2. The van der Waals surface area contributed by atoms with Gasteiger partial charge in [-0.2, -0.15) is 5.10 Å². The maximum atomic E-state index is 12.0. The fourth-order valence-corrected chi connectivity index (χ4v) is 2.99. The summed E-state index contributed by atoms with van der Waals surface area (Å²) in [5.74, 6) is -0.129. The average Bonchev–Trinajstić information content (AvgIpc) is 2.96. The number of fused-ring (bicyclic) bond motifs is 3. The number of aromatic nitrogens is 3. The highest BCUT2D eigenvalue weighted by Gasteiger charge is 2.12. The maximum absolute atomic E-state index is 12.0. The van der Waals surface area contributed by atoms with Crippen LogP contribution in [0.3, 0.4) is 0 Å². The molecule has 1 amide bonds. The molecule has 0 saturated heterocycles. The van der Waals surface area contributed by atoms with Gasteiger partial charge in [-0.1, -0.05) is 30.3 Å². The number of carbonyl (C=O) groups excluding carboxylic acids is 1. The molecule has 6 heteroatoms. The third kappa shape index (κ3) is 2.16. The lowest BCUT2D eigenvalue weighted by Crippen LogP contribution is -2.10. The Kier molecular flexibility index (Phi) is 3.16. The van der Waals surface area contributed by atoms with E-state index in [1.165, 1.54) is 6.92 Å². The van der Waals surface area contributed by atoms with Gasteiger partial charge in [0.05, 0.1) is 5.52 Å². The van der Waals surface area contributed by atoms with Crippen LogP contribution in [0, 0.1) is 0 Å². The monoisotopic (exact) mass is 318 g/mol. The lowest BCUT2D eigenvalue weighted by Gasteiger charge is -2.12. The molecule has 4 rings (SSSR count). The molecule has 24 heavy (non-hydrogen) atoms. The molecule has 0 aliphatic carbocycles.